The molecule has 148 valence electrons. The number of nitrogens with one attached hydrogen (secondary N) is 1. The Morgan fingerprint density at radius 1 is 1.18 bits per heavy atom. The molecule has 1 N–H and O–H groups in total. The predicted octanol–water partition coefficient (Wildman–Crippen LogP) is 2.02. The van der Waals surface area contributed by atoms with Crippen molar-refractivity contribution in [2.75, 3.05) is 19.8 Å². The molecular weight excluding hydrogens is 360 g/mol. The van der Waals surface area contributed by atoms with Gasteiger partial charge >= 0.3 is 0 Å². The number of hydrogen-bond acceptors (Lipinski definition) is 6. The van der Waals surface area contributed by atoms with E-state index in [1.165, 1.54) is 6.39 Å². The van der Waals surface area contributed by atoms with Crippen molar-refractivity contribution in [2.24, 2.45) is 0 Å². The zero-order chi connectivity index (χ0) is 19.4. The van der Waals surface area contributed by atoms with Gasteiger partial charge in [0.05, 0.1) is 0 Å². The van der Waals surface area contributed by atoms with Gasteiger partial charge in [-0.3, -0.25) is 9.59 Å². The van der Waals surface area contributed by atoms with Gasteiger partial charge in [-0.25, -0.2) is 0 Å². The molecule has 0 spiro atoms. The smallest absolute Gasteiger partial charge is 0.252 e. The number of hydrogen-bond donors (Lipinski definition) is 1. The van der Waals surface area contributed by atoms with E-state index in [2.05, 4.69) is 15.5 Å². The molecule has 2 aliphatic heterocycles. The monoisotopic (exact) mass is 384 g/mol. The maximum atomic E-state index is 12.9. The normalized spacial score (nSPS) is 19.4. The molecule has 3 heterocycles. The van der Waals surface area contributed by atoms with Crippen LogP contribution < -0.4 is 5.32 Å². The van der Waals surface area contributed by atoms with E-state index < -0.39 is 5.54 Å². The molecule has 2 amide bonds. The number of rotatable bonds is 5. The van der Waals surface area contributed by atoms with Crippen LogP contribution in [0, 0.1) is 0 Å². The summed E-state index contributed by atoms with van der Waals surface area (Å²) < 4.78 is 10.3. The second-order valence-electron chi connectivity index (χ2n) is 7.37. The van der Waals surface area contributed by atoms with Gasteiger partial charge in [-0.1, -0.05) is 17.3 Å². The van der Waals surface area contributed by atoms with E-state index in [0.29, 0.717) is 50.4 Å². The van der Waals surface area contributed by atoms with Crippen LogP contribution in [0.1, 0.15) is 53.8 Å². The summed E-state index contributed by atoms with van der Waals surface area (Å²) in [6.07, 6.45) is 5.11. The van der Waals surface area contributed by atoms with E-state index in [9.17, 15) is 9.59 Å². The number of ether oxygens (including phenoxy) is 1. The van der Waals surface area contributed by atoms with Crippen LogP contribution in [-0.4, -0.2) is 46.6 Å². The van der Waals surface area contributed by atoms with Gasteiger partial charge in [0.2, 0.25) is 12.3 Å². The molecule has 2 saturated heterocycles. The van der Waals surface area contributed by atoms with Crippen molar-refractivity contribution in [1.29, 1.82) is 0 Å². The summed E-state index contributed by atoms with van der Waals surface area (Å²) in [6, 6.07) is 7.40. The molecular formula is C20H24N4O4. The van der Waals surface area contributed by atoms with Crippen LogP contribution in [-0.2, 0) is 21.6 Å². The molecule has 0 unspecified atom stereocenters. The zero-order valence-corrected chi connectivity index (χ0v) is 15.7. The molecule has 0 bridgehead atoms. The number of benzene rings is 1. The first-order valence-corrected chi connectivity index (χ1v) is 9.70. The fourth-order valence-electron chi connectivity index (χ4n) is 3.81. The Morgan fingerprint density at radius 3 is 2.64 bits per heavy atom. The topological polar surface area (TPSA) is 97.6 Å². The average molecular weight is 384 g/mol. The highest BCUT2D eigenvalue weighted by Gasteiger charge is 2.40. The summed E-state index contributed by atoms with van der Waals surface area (Å²) in [6.45, 7) is 2.44. The van der Waals surface area contributed by atoms with Crippen LogP contribution in [0.2, 0.25) is 0 Å². The van der Waals surface area contributed by atoms with Gasteiger partial charge in [0, 0.05) is 51.1 Å². The number of carbonyl (C=O) groups is 2. The van der Waals surface area contributed by atoms with E-state index in [0.717, 1.165) is 24.9 Å². The molecule has 0 atom stereocenters. The molecule has 8 heteroatoms. The van der Waals surface area contributed by atoms with Crippen molar-refractivity contribution in [3.8, 4) is 0 Å². The van der Waals surface area contributed by atoms with Crippen molar-refractivity contribution < 1.29 is 18.8 Å². The molecule has 1 aromatic carbocycles. The lowest BCUT2D eigenvalue weighted by atomic mass is 9.88. The first-order valence-electron chi connectivity index (χ1n) is 9.70. The molecule has 4 rings (SSSR count). The van der Waals surface area contributed by atoms with E-state index in [1.54, 1.807) is 12.1 Å². The van der Waals surface area contributed by atoms with Gasteiger partial charge in [-0.15, -0.1) is 0 Å². The molecule has 0 saturated carbocycles. The summed E-state index contributed by atoms with van der Waals surface area (Å²) in [4.78, 5) is 30.9. The third-order valence-electron chi connectivity index (χ3n) is 5.50. The summed E-state index contributed by atoms with van der Waals surface area (Å²) in [5, 5.41) is 7.04. The summed E-state index contributed by atoms with van der Waals surface area (Å²) in [5.41, 5.74) is 0.898. The van der Waals surface area contributed by atoms with Crippen molar-refractivity contribution in [3.63, 3.8) is 0 Å². The Bertz CT molecular complexity index is 813. The Kier molecular flexibility index (Phi) is 5.38. The van der Waals surface area contributed by atoms with Crippen molar-refractivity contribution in [3.05, 3.63) is 47.6 Å². The number of amides is 2. The molecule has 0 radical (unpaired) electrons. The van der Waals surface area contributed by atoms with Gasteiger partial charge in [0.1, 0.15) is 5.54 Å². The van der Waals surface area contributed by atoms with Crippen LogP contribution in [0.3, 0.4) is 0 Å². The minimum Gasteiger partial charge on any atom is -0.381 e. The molecule has 2 aromatic rings. The molecule has 2 aliphatic rings. The quantitative estimate of drug-likeness (QED) is 0.847. The Labute approximate surface area is 163 Å². The fourth-order valence-corrected chi connectivity index (χ4v) is 3.81. The Balaban J connectivity index is 1.45. The number of nitrogens with zero attached hydrogens (tertiary/aromatic N) is 3. The molecule has 28 heavy (non-hydrogen) atoms. The first kappa shape index (κ1) is 18.6. The van der Waals surface area contributed by atoms with Crippen LogP contribution in [0.5, 0.6) is 0 Å². The van der Waals surface area contributed by atoms with E-state index >= 15 is 0 Å². The second kappa shape index (κ2) is 8.10. The number of likely N-dealkylation sites (tertiary alicyclic amines) is 1. The van der Waals surface area contributed by atoms with Gasteiger partial charge < -0.3 is 19.5 Å². The highest BCUT2D eigenvalue weighted by atomic mass is 16.5. The Morgan fingerprint density at radius 2 is 1.96 bits per heavy atom. The van der Waals surface area contributed by atoms with Crippen LogP contribution >= 0.6 is 0 Å². The standard InChI is InChI=1S/C20H24N4O4/c25-17-3-1-2-10-24(17)13-15-4-6-16(7-5-15)18(26)22-20(8-11-27-12-9-20)19-21-14-28-23-19/h4-7,14H,1-3,8-13H2,(H,22,26). The highest BCUT2D eigenvalue weighted by Crippen LogP contribution is 2.30. The lowest BCUT2D eigenvalue weighted by Gasteiger charge is -2.35. The minimum atomic E-state index is -0.679. The maximum Gasteiger partial charge on any atom is 0.252 e. The van der Waals surface area contributed by atoms with E-state index in [-0.39, 0.29) is 11.8 Å². The predicted molar refractivity (Wildman–Crippen MR) is 99.2 cm³/mol. The van der Waals surface area contributed by atoms with Gasteiger partial charge in [-0.05, 0) is 30.5 Å². The third kappa shape index (κ3) is 3.91. The van der Waals surface area contributed by atoms with Crippen molar-refractivity contribution in [2.45, 2.75) is 44.2 Å². The van der Waals surface area contributed by atoms with Gasteiger partial charge in [0.15, 0.2) is 5.82 Å². The Hall–Kier alpha value is -2.74. The lowest BCUT2D eigenvalue weighted by Crippen LogP contribution is -2.50. The highest BCUT2D eigenvalue weighted by molar-refractivity contribution is 5.94. The lowest BCUT2D eigenvalue weighted by molar-refractivity contribution is -0.133. The first-order chi connectivity index (χ1) is 13.7. The summed E-state index contributed by atoms with van der Waals surface area (Å²) in [7, 11) is 0. The summed E-state index contributed by atoms with van der Waals surface area (Å²) >= 11 is 0. The zero-order valence-electron chi connectivity index (χ0n) is 15.7. The molecule has 2 fully saturated rings. The van der Waals surface area contributed by atoms with Crippen molar-refractivity contribution in [1.82, 2.24) is 20.4 Å². The van der Waals surface area contributed by atoms with Crippen molar-refractivity contribution >= 4 is 11.8 Å². The fraction of sp³-hybridized carbons (Fsp3) is 0.500. The number of carbonyl (C=O) groups excluding carboxylic acids is 2. The van der Waals surface area contributed by atoms with Crippen LogP contribution in [0.4, 0.5) is 0 Å². The molecule has 8 nitrogen and oxygen atoms in total. The third-order valence-corrected chi connectivity index (χ3v) is 5.50. The van der Waals surface area contributed by atoms with E-state index in [4.69, 9.17) is 9.26 Å². The molecule has 1 aromatic heterocycles. The molecule has 0 aliphatic carbocycles. The van der Waals surface area contributed by atoms with E-state index in [1.807, 2.05) is 17.0 Å². The van der Waals surface area contributed by atoms with Gasteiger partial charge in [-0.2, -0.15) is 4.98 Å². The SMILES string of the molecule is O=C(NC1(c2ncon2)CCOCC1)c1ccc(CN2CCCCC2=O)cc1. The van der Waals surface area contributed by atoms with Crippen LogP contribution in [0.25, 0.3) is 0 Å². The second-order valence-corrected chi connectivity index (χ2v) is 7.37. The summed E-state index contributed by atoms with van der Waals surface area (Å²) in [5.74, 6) is 0.492. The van der Waals surface area contributed by atoms with Crippen LogP contribution in [0.15, 0.2) is 35.2 Å². The van der Waals surface area contributed by atoms with Gasteiger partial charge in [0.25, 0.3) is 5.91 Å². The number of piperidine rings is 1. The largest absolute Gasteiger partial charge is 0.381 e. The minimum absolute atomic E-state index is 0.188. The average Bonchev–Trinajstić information content (AvgIpc) is 3.27. The maximum absolute atomic E-state index is 12.9. The number of aromatic nitrogens is 2.